The van der Waals surface area contributed by atoms with Crippen molar-refractivity contribution in [2.75, 3.05) is 5.32 Å². The van der Waals surface area contributed by atoms with Gasteiger partial charge in [0.25, 0.3) is 0 Å². The van der Waals surface area contributed by atoms with Crippen LogP contribution in [-0.2, 0) is 9.59 Å². The molecule has 1 unspecified atom stereocenters. The van der Waals surface area contributed by atoms with E-state index in [0.717, 1.165) is 10.9 Å². The van der Waals surface area contributed by atoms with Gasteiger partial charge in [0.05, 0.1) is 5.52 Å². The number of carbonyl (C=O) groups is 2. The molecule has 0 aliphatic heterocycles. The Morgan fingerprint density at radius 1 is 1.10 bits per heavy atom. The molecule has 2 N–H and O–H groups in total. The van der Waals surface area contributed by atoms with Crippen molar-refractivity contribution in [3.8, 4) is 0 Å². The standard InChI is InChI=1S/C16H19N3O2/c1-10(2)15(17-11(3)20)16(21)19-14-9-8-12-6-4-5-7-13(12)18-14/h4-10,15H,1-3H3,(H,17,20)(H,18,19,21). The third-order valence-corrected chi connectivity index (χ3v) is 3.16. The molecule has 2 amide bonds. The maximum Gasteiger partial charge on any atom is 0.248 e. The lowest BCUT2D eigenvalue weighted by Gasteiger charge is -2.20. The molecule has 0 aliphatic rings. The van der Waals surface area contributed by atoms with Crippen LogP contribution in [0.2, 0.25) is 0 Å². The van der Waals surface area contributed by atoms with Gasteiger partial charge in [-0.15, -0.1) is 0 Å². The Hall–Kier alpha value is -2.43. The van der Waals surface area contributed by atoms with Crippen LogP contribution in [-0.4, -0.2) is 22.8 Å². The third kappa shape index (κ3) is 3.78. The zero-order valence-electron chi connectivity index (χ0n) is 12.4. The fraction of sp³-hybridized carbons (Fsp3) is 0.312. The van der Waals surface area contributed by atoms with Crippen molar-refractivity contribution >= 4 is 28.5 Å². The molecule has 2 rings (SSSR count). The quantitative estimate of drug-likeness (QED) is 0.905. The van der Waals surface area contributed by atoms with E-state index in [0.29, 0.717) is 5.82 Å². The van der Waals surface area contributed by atoms with Crippen molar-refractivity contribution in [3.05, 3.63) is 36.4 Å². The molecule has 0 saturated heterocycles. The van der Waals surface area contributed by atoms with Gasteiger partial charge in [-0.3, -0.25) is 9.59 Å². The van der Waals surface area contributed by atoms with E-state index >= 15 is 0 Å². The molecule has 0 spiro atoms. The van der Waals surface area contributed by atoms with E-state index in [9.17, 15) is 9.59 Å². The number of carbonyl (C=O) groups excluding carboxylic acids is 2. The van der Waals surface area contributed by atoms with Crippen LogP contribution in [0, 0.1) is 5.92 Å². The van der Waals surface area contributed by atoms with Crippen LogP contribution in [0.1, 0.15) is 20.8 Å². The average molecular weight is 285 g/mol. The topological polar surface area (TPSA) is 71.1 Å². The first-order valence-corrected chi connectivity index (χ1v) is 6.91. The first-order chi connectivity index (χ1) is 9.97. The normalized spacial score (nSPS) is 12.2. The molecule has 0 fully saturated rings. The summed E-state index contributed by atoms with van der Waals surface area (Å²) in [5.41, 5.74) is 0.816. The number of nitrogens with zero attached hydrogens (tertiary/aromatic N) is 1. The zero-order valence-corrected chi connectivity index (χ0v) is 12.4. The second-order valence-corrected chi connectivity index (χ2v) is 5.30. The summed E-state index contributed by atoms with van der Waals surface area (Å²) in [6.45, 7) is 5.17. The Morgan fingerprint density at radius 3 is 2.48 bits per heavy atom. The monoisotopic (exact) mass is 285 g/mol. The third-order valence-electron chi connectivity index (χ3n) is 3.16. The number of hydrogen-bond acceptors (Lipinski definition) is 3. The Labute approximate surface area is 123 Å². The van der Waals surface area contributed by atoms with Gasteiger partial charge >= 0.3 is 0 Å². The number of aromatic nitrogens is 1. The summed E-state index contributed by atoms with van der Waals surface area (Å²) in [6.07, 6.45) is 0. The van der Waals surface area contributed by atoms with E-state index in [1.165, 1.54) is 6.92 Å². The minimum Gasteiger partial charge on any atom is -0.344 e. The van der Waals surface area contributed by atoms with Gasteiger partial charge in [0.2, 0.25) is 11.8 Å². The lowest BCUT2D eigenvalue weighted by atomic mass is 10.0. The fourth-order valence-electron chi connectivity index (χ4n) is 2.09. The number of pyridine rings is 1. The van der Waals surface area contributed by atoms with Gasteiger partial charge < -0.3 is 10.6 Å². The fourth-order valence-corrected chi connectivity index (χ4v) is 2.09. The Kier molecular flexibility index (Phi) is 4.52. The van der Waals surface area contributed by atoms with Crippen LogP contribution in [0.4, 0.5) is 5.82 Å². The lowest BCUT2D eigenvalue weighted by Crippen LogP contribution is -2.46. The van der Waals surface area contributed by atoms with Gasteiger partial charge in [-0.25, -0.2) is 4.98 Å². The Morgan fingerprint density at radius 2 is 1.81 bits per heavy atom. The van der Waals surface area contributed by atoms with Crippen molar-refractivity contribution < 1.29 is 9.59 Å². The Balaban J connectivity index is 2.17. The molecule has 5 nitrogen and oxygen atoms in total. The molecule has 0 bridgehead atoms. The number of fused-ring (bicyclic) bond motifs is 1. The SMILES string of the molecule is CC(=O)NC(C(=O)Nc1ccc2ccccc2n1)C(C)C. The molecule has 0 radical (unpaired) electrons. The minimum atomic E-state index is -0.573. The molecule has 1 heterocycles. The van der Waals surface area contributed by atoms with Crippen LogP contribution >= 0.6 is 0 Å². The van der Waals surface area contributed by atoms with Crippen LogP contribution in [0.25, 0.3) is 10.9 Å². The van der Waals surface area contributed by atoms with E-state index in [-0.39, 0.29) is 17.7 Å². The number of benzene rings is 1. The van der Waals surface area contributed by atoms with Crippen molar-refractivity contribution in [1.82, 2.24) is 10.3 Å². The zero-order chi connectivity index (χ0) is 15.4. The predicted octanol–water partition coefficient (Wildman–Crippen LogP) is 2.33. The van der Waals surface area contributed by atoms with Crippen LogP contribution in [0.3, 0.4) is 0 Å². The average Bonchev–Trinajstić information content (AvgIpc) is 2.44. The molecule has 110 valence electrons. The number of anilines is 1. The molecular weight excluding hydrogens is 266 g/mol. The number of amides is 2. The molecule has 0 saturated carbocycles. The Bertz CT molecular complexity index is 667. The van der Waals surface area contributed by atoms with Crippen LogP contribution < -0.4 is 10.6 Å². The highest BCUT2D eigenvalue weighted by Crippen LogP contribution is 2.15. The summed E-state index contributed by atoms with van der Waals surface area (Å²) in [4.78, 5) is 27.8. The van der Waals surface area contributed by atoms with Crippen LogP contribution in [0.5, 0.6) is 0 Å². The van der Waals surface area contributed by atoms with E-state index in [1.54, 1.807) is 6.07 Å². The highest BCUT2D eigenvalue weighted by molar-refractivity contribution is 5.97. The minimum absolute atomic E-state index is 0.00523. The van der Waals surface area contributed by atoms with Gasteiger partial charge in [0.15, 0.2) is 0 Å². The van der Waals surface area contributed by atoms with Crippen molar-refractivity contribution in [2.45, 2.75) is 26.8 Å². The predicted molar refractivity (Wildman–Crippen MR) is 82.8 cm³/mol. The largest absolute Gasteiger partial charge is 0.344 e. The summed E-state index contributed by atoms with van der Waals surface area (Å²) in [7, 11) is 0. The van der Waals surface area contributed by atoms with Gasteiger partial charge in [0, 0.05) is 12.3 Å². The highest BCUT2D eigenvalue weighted by atomic mass is 16.2. The first-order valence-electron chi connectivity index (χ1n) is 6.91. The van der Waals surface area contributed by atoms with Gasteiger partial charge in [-0.05, 0) is 24.1 Å². The number of rotatable bonds is 4. The first kappa shape index (κ1) is 15.0. The molecule has 1 aromatic heterocycles. The van der Waals surface area contributed by atoms with E-state index in [1.807, 2.05) is 44.2 Å². The second-order valence-electron chi connectivity index (χ2n) is 5.30. The molecular formula is C16H19N3O2. The molecule has 1 atom stereocenters. The summed E-state index contributed by atoms with van der Waals surface area (Å²) in [6, 6.07) is 10.8. The number of hydrogen-bond donors (Lipinski definition) is 2. The van der Waals surface area contributed by atoms with E-state index in [4.69, 9.17) is 0 Å². The van der Waals surface area contributed by atoms with Crippen molar-refractivity contribution in [3.63, 3.8) is 0 Å². The second kappa shape index (κ2) is 6.35. The number of para-hydroxylation sites is 1. The van der Waals surface area contributed by atoms with Crippen molar-refractivity contribution in [2.24, 2.45) is 5.92 Å². The molecule has 1 aromatic carbocycles. The maximum absolute atomic E-state index is 12.3. The van der Waals surface area contributed by atoms with Gasteiger partial charge in [0.1, 0.15) is 11.9 Å². The molecule has 0 aliphatic carbocycles. The molecule has 5 heteroatoms. The summed E-state index contributed by atoms with van der Waals surface area (Å²) < 4.78 is 0. The number of nitrogens with one attached hydrogen (secondary N) is 2. The maximum atomic E-state index is 12.3. The van der Waals surface area contributed by atoms with E-state index in [2.05, 4.69) is 15.6 Å². The van der Waals surface area contributed by atoms with Crippen LogP contribution in [0.15, 0.2) is 36.4 Å². The summed E-state index contributed by atoms with van der Waals surface area (Å²) >= 11 is 0. The molecule has 2 aromatic rings. The summed E-state index contributed by atoms with van der Waals surface area (Å²) in [5, 5.41) is 6.43. The lowest BCUT2D eigenvalue weighted by molar-refractivity contribution is -0.126. The van der Waals surface area contributed by atoms with Gasteiger partial charge in [-0.1, -0.05) is 32.0 Å². The molecule has 21 heavy (non-hydrogen) atoms. The van der Waals surface area contributed by atoms with Gasteiger partial charge in [-0.2, -0.15) is 0 Å². The highest BCUT2D eigenvalue weighted by Gasteiger charge is 2.23. The smallest absolute Gasteiger partial charge is 0.248 e. The van der Waals surface area contributed by atoms with E-state index < -0.39 is 6.04 Å². The van der Waals surface area contributed by atoms with Crippen molar-refractivity contribution in [1.29, 1.82) is 0 Å². The summed E-state index contributed by atoms with van der Waals surface area (Å²) in [5.74, 6) is -0.0117.